The van der Waals surface area contributed by atoms with Gasteiger partial charge < -0.3 is 0 Å². The summed E-state index contributed by atoms with van der Waals surface area (Å²) in [5.41, 5.74) is 0. The molecule has 0 saturated heterocycles. The fraction of sp³-hybridized carbons (Fsp3) is 0.400. The maximum absolute atomic E-state index is 5.34. The van der Waals surface area contributed by atoms with Crippen LogP contribution in [-0.2, 0) is 0 Å². The van der Waals surface area contributed by atoms with E-state index >= 15 is 0 Å². The Balaban J connectivity index is 2.83. The van der Waals surface area contributed by atoms with Crippen molar-refractivity contribution in [3.05, 3.63) is 18.5 Å². The van der Waals surface area contributed by atoms with E-state index in [-0.39, 0.29) is 0 Å². The van der Waals surface area contributed by atoms with Crippen molar-refractivity contribution in [3.63, 3.8) is 0 Å². The molecule has 0 bridgehead atoms. The van der Waals surface area contributed by atoms with Crippen molar-refractivity contribution in [2.75, 3.05) is 0 Å². The maximum Gasteiger partial charge on any atom is 0.0109 e. The first-order valence-corrected chi connectivity index (χ1v) is 2.27. The van der Waals surface area contributed by atoms with Gasteiger partial charge in [-0.05, 0) is 12.8 Å². The molecule has 0 amide bonds. The lowest BCUT2D eigenvalue weighted by Gasteiger charge is -1.84. The number of halogens is 1. The van der Waals surface area contributed by atoms with Crippen LogP contribution >= 0.6 is 11.6 Å². The maximum atomic E-state index is 5.34. The first-order valence-electron chi connectivity index (χ1n) is 1.90. The van der Waals surface area contributed by atoms with Gasteiger partial charge in [-0.25, -0.2) is 0 Å². The van der Waals surface area contributed by atoms with E-state index in [1.807, 2.05) is 0 Å². The van der Waals surface area contributed by atoms with Gasteiger partial charge in [0.2, 0.25) is 0 Å². The van der Waals surface area contributed by atoms with Crippen molar-refractivity contribution < 1.29 is 0 Å². The summed E-state index contributed by atoms with van der Waals surface area (Å²) in [6.45, 7) is 7.05. The third kappa shape index (κ3) is 4.03. The van der Waals surface area contributed by atoms with Crippen molar-refractivity contribution in [2.45, 2.75) is 12.8 Å². The predicted octanol–water partition coefficient (Wildman–Crippen LogP) is 2.35. The zero-order chi connectivity index (χ0) is 4.99. The lowest BCUT2D eigenvalue weighted by atomic mass is 10.3. The third-order valence-electron chi connectivity index (χ3n) is 0.448. The highest BCUT2D eigenvalue weighted by Crippen LogP contribution is 2.03. The van der Waals surface area contributed by atoms with Crippen LogP contribution in [0.3, 0.4) is 0 Å². The summed E-state index contributed by atoms with van der Waals surface area (Å²) in [5.74, 6) is 0. The second-order valence-corrected chi connectivity index (χ2v) is 1.66. The molecule has 1 heteroatoms. The summed E-state index contributed by atoms with van der Waals surface area (Å²) in [6.07, 6.45) is 1.68. The normalized spacial score (nSPS) is 8.33. The average Bonchev–Trinajstić information content (AvgIpc) is 1.35. The lowest BCUT2D eigenvalue weighted by molar-refractivity contribution is 1.04. The van der Waals surface area contributed by atoms with Gasteiger partial charge in [-0.2, -0.15) is 0 Å². The Hall–Kier alpha value is 0.0300. The third-order valence-corrected chi connectivity index (χ3v) is 0.637. The van der Waals surface area contributed by atoms with Gasteiger partial charge in [0.1, 0.15) is 0 Å². The number of hydrogen-bond donors (Lipinski definition) is 0. The molecule has 0 heterocycles. The van der Waals surface area contributed by atoms with Crippen LogP contribution in [0.4, 0.5) is 0 Å². The van der Waals surface area contributed by atoms with Gasteiger partial charge in [0.15, 0.2) is 0 Å². The van der Waals surface area contributed by atoms with Crippen LogP contribution in [0.25, 0.3) is 0 Å². The van der Waals surface area contributed by atoms with E-state index in [2.05, 4.69) is 13.5 Å². The smallest absolute Gasteiger partial charge is 0.0109 e. The monoisotopic (exact) mass is 103 g/mol. The van der Waals surface area contributed by atoms with Crippen LogP contribution in [-0.4, -0.2) is 0 Å². The fourth-order valence-electron chi connectivity index (χ4n) is 0.192. The summed E-state index contributed by atoms with van der Waals surface area (Å²) in [6, 6.07) is 0. The Kier molecular flexibility index (Phi) is 3.24. The van der Waals surface area contributed by atoms with Crippen molar-refractivity contribution >= 4 is 11.6 Å². The minimum absolute atomic E-state index is 0.699. The second kappa shape index (κ2) is 3.23. The molecule has 0 saturated carbocycles. The van der Waals surface area contributed by atoms with Crippen LogP contribution < -0.4 is 0 Å². The van der Waals surface area contributed by atoms with E-state index in [1.54, 1.807) is 0 Å². The summed E-state index contributed by atoms with van der Waals surface area (Å²) < 4.78 is 0. The molecular weight excluding hydrogens is 95.5 g/mol. The zero-order valence-corrected chi connectivity index (χ0v) is 4.46. The quantitative estimate of drug-likeness (QED) is 0.503. The first-order chi connectivity index (χ1) is 2.77. The summed E-state index contributed by atoms with van der Waals surface area (Å²) in [4.78, 5) is 0. The van der Waals surface area contributed by atoms with E-state index in [0.29, 0.717) is 5.03 Å². The average molecular weight is 104 g/mol. The molecule has 0 aliphatic heterocycles. The summed E-state index contributed by atoms with van der Waals surface area (Å²) in [5, 5.41) is 0.699. The second-order valence-electron chi connectivity index (χ2n) is 1.12. The molecule has 6 heavy (non-hydrogen) atoms. The Morgan fingerprint density at radius 1 is 1.67 bits per heavy atom. The standard InChI is InChI=1S/C5H8Cl/c1-3-4-5(2)6/h1-4H2. The molecule has 0 aliphatic rings. The molecule has 0 aromatic carbocycles. The molecular formula is C5H8Cl. The number of allylic oxidation sites excluding steroid dienone is 1. The Bertz CT molecular complexity index is 47.9. The highest BCUT2D eigenvalue weighted by molar-refractivity contribution is 6.29. The Labute approximate surface area is 43.8 Å². The molecule has 0 aromatic rings. The first kappa shape index (κ1) is 6.03. The Morgan fingerprint density at radius 2 is 2.17 bits per heavy atom. The van der Waals surface area contributed by atoms with E-state index in [1.165, 1.54) is 0 Å². The van der Waals surface area contributed by atoms with Crippen LogP contribution in [0.5, 0.6) is 0 Å². The van der Waals surface area contributed by atoms with Gasteiger partial charge in [0.05, 0.1) is 0 Å². The Morgan fingerprint density at radius 3 is 2.17 bits per heavy atom. The minimum atomic E-state index is 0.699. The largest absolute Gasteiger partial charge is 0.0898 e. The lowest BCUT2D eigenvalue weighted by Crippen LogP contribution is -1.63. The van der Waals surface area contributed by atoms with Crippen molar-refractivity contribution in [1.82, 2.24) is 0 Å². The molecule has 1 radical (unpaired) electrons. The molecule has 0 aromatic heterocycles. The highest BCUT2D eigenvalue weighted by atomic mass is 35.5. The zero-order valence-electron chi connectivity index (χ0n) is 3.71. The number of rotatable bonds is 2. The van der Waals surface area contributed by atoms with Gasteiger partial charge in [0, 0.05) is 5.03 Å². The van der Waals surface area contributed by atoms with Crippen molar-refractivity contribution in [1.29, 1.82) is 0 Å². The predicted molar refractivity (Wildman–Crippen MR) is 29.6 cm³/mol. The molecule has 0 fully saturated rings. The molecule has 0 aliphatic carbocycles. The summed E-state index contributed by atoms with van der Waals surface area (Å²) >= 11 is 5.34. The molecule has 0 rings (SSSR count). The molecule has 0 atom stereocenters. The summed E-state index contributed by atoms with van der Waals surface area (Å²) in [7, 11) is 0. The topological polar surface area (TPSA) is 0 Å². The molecule has 0 N–H and O–H groups in total. The van der Waals surface area contributed by atoms with E-state index in [9.17, 15) is 0 Å². The van der Waals surface area contributed by atoms with Crippen LogP contribution in [0.1, 0.15) is 12.8 Å². The number of hydrogen-bond acceptors (Lipinski definition) is 0. The molecule has 0 spiro atoms. The van der Waals surface area contributed by atoms with Crippen LogP contribution in [0.2, 0.25) is 0 Å². The van der Waals surface area contributed by atoms with Crippen molar-refractivity contribution in [2.24, 2.45) is 0 Å². The minimum Gasteiger partial charge on any atom is -0.0898 e. The van der Waals surface area contributed by atoms with Gasteiger partial charge in [-0.3, -0.25) is 0 Å². The highest BCUT2D eigenvalue weighted by Gasteiger charge is 1.79. The van der Waals surface area contributed by atoms with Gasteiger partial charge >= 0.3 is 0 Å². The molecule has 0 nitrogen and oxygen atoms in total. The SMILES string of the molecule is [CH2]CCC(=C)Cl. The fourth-order valence-corrected chi connectivity index (χ4v) is 0.325. The van der Waals surface area contributed by atoms with E-state index in [4.69, 9.17) is 11.6 Å². The van der Waals surface area contributed by atoms with Crippen LogP contribution in [0.15, 0.2) is 11.6 Å². The van der Waals surface area contributed by atoms with E-state index in [0.717, 1.165) is 12.8 Å². The molecule has 0 unspecified atom stereocenters. The molecule has 35 valence electrons. The van der Waals surface area contributed by atoms with Gasteiger partial charge in [-0.15, -0.1) is 0 Å². The van der Waals surface area contributed by atoms with Gasteiger partial charge in [-0.1, -0.05) is 25.1 Å². The van der Waals surface area contributed by atoms with Crippen molar-refractivity contribution in [3.8, 4) is 0 Å². The van der Waals surface area contributed by atoms with Gasteiger partial charge in [0.25, 0.3) is 0 Å². The van der Waals surface area contributed by atoms with E-state index < -0.39 is 0 Å². The van der Waals surface area contributed by atoms with Crippen LogP contribution in [0, 0.1) is 6.92 Å².